The van der Waals surface area contributed by atoms with Crippen LogP contribution in [0.1, 0.15) is 36.6 Å². The first-order valence-electron chi connectivity index (χ1n) is 6.87. The Morgan fingerprint density at radius 1 is 1.45 bits per heavy atom. The summed E-state index contributed by atoms with van der Waals surface area (Å²) in [6, 6.07) is 4.02. The lowest BCUT2D eigenvalue weighted by Gasteiger charge is -2.29. The molecule has 2 heterocycles. The van der Waals surface area contributed by atoms with Crippen molar-refractivity contribution in [2.24, 2.45) is 0 Å². The van der Waals surface area contributed by atoms with Crippen molar-refractivity contribution in [1.82, 2.24) is 10.2 Å². The number of nitrogens with one attached hydrogen (secondary N) is 1. The van der Waals surface area contributed by atoms with E-state index >= 15 is 0 Å². The molecule has 0 bridgehead atoms. The van der Waals surface area contributed by atoms with E-state index in [4.69, 9.17) is 0 Å². The van der Waals surface area contributed by atoms with Gasteiger partial charge in [-0.05, 0) is 24.3 Å². The molecule has 5 nitrogen and oxygen atoms in total. The number of ether oxygens (including phenoxy) is 1. The van der Waals surface area contributed by atoms with E-state index in [1.165, 1.54) is 12.0 Å². The fourth-order valence-electron chi connectivity index (χ4n) is 2.45. The van der Waals surface area contributed by atoms with Gasteiger partial charge in [-0.25, -0.2) is 4.79 Å². The number of hydrogen-bond donors (Lipinski definition) is 1. The Hall–Kier alpha value is -1.56. The van der Waals surface area contributed by atoms with Gasteiger partial charge in [-0.2, -0.15) is 0 Å². The molecule has 0 spiro atoms. The Bertz CT molecular complexity index is 447. The number of hydrogen-bond acceptors (Lipinski definition) is 4. The van der Waals surface area contributed by atoms with Crippen LogP contribution in [0.15, 0.2) is 17.5 Å². The molecule has 0 radical (unpaired) electrons. The molecular weight excluding hydrogens is 276 g/mol. The van der Waals surface area contributed by atoms with E-state index in [9.17, 15) is 9.59 Å². The van der Waals surface area contributed by atoms with Crippen molar-refractivity contribution >= 4 is 23.3 Å². The summed E-state index contributed by atoms with van der Waals surface area (Å²) in [5.41, 5.74) is 0. The molecule has 20 heavy (non-hydrogen) atoms. The monoisotopic (exact) mass is 296 g/mol. The summed E-state index contributed by atoms with van der Waals surface area (Å²) in [5.74, 6) is -0.430. The minimum absolute atomic E-state index is 0.0804. The summed E-state index contributed by atoms with van der Waals surface area (Å²) in [6.45, 7) is 0.651. The minimum atomic E-state index is -0.430. The van der Waals surface area contributed by atoms with Gasteiger partial charge in [-0.15, -0.1) is 11.3 Å². The molecule has 1 aliphatic rings. The molecule has 1 N–H and O–H groups in total. The molecule has 1 saturated heterocycles. The fraction of sp³-hybridized carbons (Fsp3) is 0.571. The van der Waals surface area contributed by atoms with E-state index in [2.05, 4.69) is 16.1 Å². The van der Waals surface area contributed by atoms with Crippen LogP contribution < -0.4 is 5.32 Å². The third-order valence-electron chi connectivity index (χ3n) is 3.50. The van der Waals surface area contributed by atoms with Crippen molar-refractivity contribution in [2.45, 2.75) is 31.7 Å². The number of urea groups is 1. The smallest absolute Gasteiger partial charge is 0.325 e. The lowest BCUT2D eigenvalue weighted by atomic mass is 10.1. The third-order valence-corrected chi connectivity index (χ3v) is 4.47. The molecule has 0 aromatic carbocycles. The Kier molecular flexibility index (Phi) is 5.40. The molecule has 2 rings (SSSR count). The van der Waals surface area contributed by atoms with Crippen LogP contribution in [0.25, 0.3) is 0 Å². The lowest BCUT2D eigenvalue weighted by Crippen LogP contribution is -2.43. The number of carbonyl (C=O) groups is 2. The second-order valence-corrected chi connectivity index (χ2v) is 5.79. The Balaban J connectivity index is 2.04. The van der Waals surface area contributed by atoms with Crippen LogP contribution in [0.5, 0.6) is 0 Å². The molecule has 6 heteroatoms. The molecular formula is C14H20N2O3S. The van der Waals surface area contributed by atoms with Crippen LogP contribution in [-0.4, -0.2) is 37.1 Å². The maximum atomic E-state index is 12.3. The molecule has 2 amide bonds. The molecule has 110 valence electrons. The van der Waals surface area contributed by atoms with E-state index in [1.54, 1.807) is 11.3 Å². The van der Waals surface area contributed by atoms with Crippen LogP contribution in [0, 0.1) is 0 Å². The number of carbonyl (C=O) groups excluding carboxylic acids is 2. The van der Waals surface area contributed by atoms with Gasteiger partial charge in [0, 0.05) is 11.4 Å². The SMILES string of the molecule is COC(=O)CNC(=O)N1CCCCC[C@H]1c1cccs1. The first-order valence-corrected chi connectivity index (χ1v) is 7.75. The van der Waals surface area contributed by atoms with E-state index in [0.29, 0.717) is 0 Å². The van der Waals surface area contributed by atoms with Gasteiger partial charge in [0.15, 0.2) is 0 Å². The molecule has 1 aliphatic heterocycles. The maximum Gasteiger partial charge on any atom is 0.325 e. The highest BCUT2D eigenvalue weighted by Crippen LogP contribution is 2.32. The Labute approximate surface area is 122 Å². The van der Waals surface area contributed by atoms with Crippen molar-refractivity contribution in [3.63, 3.8) is 0 Å². The summed E-state index contributed by atoms with van der Waals surface area (Å²) < 4.78 is 4.54. The van der Waals surface area contributed by atoms with Gasteiger partial charge in [-0.1, -0.05) is 18.9 Å². The number of thiophene rings is 1. The van der Waals surface area contributed by atoms with Crippen molar-refractivity contribution in [3.05, 3.63) is 22.4 Å². The normalized spacial score (nSPS) is 19.2. The summed E-state index contributed by atoms with van der Waals surface area (Å²) in [7, 11) is 1.31. The molecule has 0 aliphatic carbocycles. The minimum Gasteiger partial charge on any atom is -0.468 e. The van der Waals surface area contributed by atoms with E-state index in [-0.39, 0.29) is 18.6 Å². The number of methoxy groups -OCH3 is 1. The zero-order valence-electron chi connectivity index (χ0n) is 11.6. The predicted molar refractivity (Wildman–Crippen MR) is 77.6 cm³/mol. The van der Waals surface area contributed by atoms with Crippen LogP contribution in [-0.2, 0) is 9.53 Å². The highest BCUT2D eigenvalue weighted by atomic mass is 32.1. The molecule has 1 fully saturated rings. The average molecular weight is 296 g/mol. The number of esters is 1. The highest BCUT2D eigenvalue weighted by molar-refractivity contribution is 7.10. The Morgan fingerprint density at radius 2 is 2.30 bits per heavy atom. The number of amides is 2. The van der Waals surface area contributed by atoms with Gasteiger partial charge in [0.25, 0.3) is 0 Å². The van der Waals surface area contributed by atoms with Gasteiger partial charge in [0.05, 0.1) is 13.2 Å². The zero-order valence-corrected chi connectivity index (χ0v) is 12.4. The van der Waals surface area contributed by atoms with Crippen LogP contribution in [0.2, 0.25) is 0 Å². The second-order valence-electron chi connectivity index (χ2n) is 4.81. The van der Waals surface area contributed by atoms with Crippen molar-refractivity contribution in [2.75, 3.05) is 20.2 Å². The quantitative estimate of drug-likeness (QED) is 0.872. The second kappa shape index (κ2) is 7.28. The van der Waals surface area contributed by atoms with Crippen LogP contribution >= 0.6 is 11.3 Å². The van der Waals surface area contributed by atoms with Gasteiger partial charge in [0.1, 0.15) is 6.54 Å². The lowest BCUT2D eigenvalue weighted by molar-refractivity contribution is -0.139. The van der Waals surface area contributed by atoms with Gasteiger partial charge >= 0.3 is 12.0 Å². The maximum absolute atomic E-state index is 12.3. The van der Waals surface area contributed by atoms with Crippen LogP contribution in [0.4, 0.5) is 4.79 Å². The highest BCUT2D eigenvalue weighted by Gasteiger charge is 2.27. The molecule has 1 atom stereocenters. The summed E-state index contributed by atoms with van der Waals surface area (Å²) >= 11 is 1.68. The molecule has 0 saturated carbocycles. The molecule has 1 aromatic heterocycles. The van der Waals surface area contributed by atoms with Gasteiger partial charge < -0.3 is 15.0 Å². The topological polar surface area (TPSA) is 58.6 Å². The van der Waals surface area contributed by atoms with Crippen molar-refractivity contribution in [1.29, 1.82) is 0 Å². The first-order chi connectivity index (χ1) is 9.72. The number of nitrogens with zero attached hydrogens (tertiary/aromatic N) is 1. The van der Waals surface area contributed by atoms with Crippen LogP contribution in [0.3, 0.4) is 0 Å². The van der Waals surface area contributed by atoms with Crippen molar-refractivity contribution in [3.8, 4) is 0 Å². The zero-order chi connectivity index (χ0) is 14.4. The first kappa shape index (κ1) is 14.8. The third kappa shape index (κ3) is 3.72. The summed E-state index contributed by atoms with van der Waals surface area (Å²) in [4.78, 5) is 26.5. The molecule has 0 unspecified atom stereocenters. The van der Waals surface area contributed by atoms with Gasteiger partial charge in [-0.3, -0.25) is 4.79 Å². The predicted octanol–water partition coefficient (Wildman–Crippen LogP) is 2.55. The van der Waals surface area contributed by atoms with E-state index < -0.39 is 5.97 Å². The standard InChI is InChI=1S/C14H20N2O3S/c1-19-13(17)10-15-14(18)16-8-4-2-3-6-11(16)12-7-5-9-20-12/h5,7,9,11H,2-4,6,8,10H2,1H3,(H,15,18)/t11-/m0/s1. The average Bonchev–Trinajstić information content (AvgIpc) is 2.88. The Morgan fingerprint density at radius 3 is 3.00 bits per heavy atom. The number of rotatable bonds is 3. The summed E-state index contributed by atoms with van der Waals surface area (Å²) in [6.07, 6.45) is 4.26. The van der Waals surface area contributed by atoms with E-state index in [0.717, 1.165) is 32.2 Å². The van der Waals surface area contributed by atoms with Gasteiger partial charge in [0.2, 0.25) is 0 Å². The number of likely N-dealkylation sites (tertiary alicyclic amines) is 1. The van der Waals surface area contributed by atoms with E-state index in [1.807, 2.05) is 16.3 Å². The fourth-order valence-corrected chi connectivity index (χ4v) is 3.32. The van der Waals surface area contributed by atoms with Crippen molar-refractivity contribution < 1.29 is 14.3 Å². The summed E-state index contributed by atoms with van der Waals surface area (Å²) in [5, 5.41) is 4.67. The largest absolute Gasteiger partial charge is 0.468 e. The molecule has 1 aromatic rings.